The van der Waals surface area contributed by atoms with Crippen LogP contribution in [0, 0.1) is 0 Å². The molecule has 0 aromatic heterocycles. The van der Waals surface area contributed by atoms with E-state index in [1.165, 1.54) is 11.1 Å². The van der Waals surface area contributed by atoms with E-state index < -0.39 is 0 Å². The number of allylic oxidation sites excluding steroid dienone is 5. The fourth-order valence-electron chi connectivity index (χ4n) is 4.26. The minimum atomic E-state index is -0.0499. The van der Waals surface area contributed by atoms with E-state index in [1.807, 2.05) is 37.4 Å². The molecule has 0 fully saturated rings. The average Bonchev–Trinajstić information content (AvgIpc) is 2.89. The van der Waals surface area contributed by atoms with Gasteiger partial charge in [-0.25, -0.2) is 0 Å². The quantitative estimate of drug-likeness (QED) is 0.376. The number of nitrogens with zero attached hydrogens (tertiary/aromatic N) is 4. The molecule has 3 rings (SSSR count). The summed E-state index contributed by atoms with van der Waals surface area (Å²) in [5.74, 6) is -0.0499. The van der Waals surface area contributed by atoms with E-state index in [1.54, 1.807) is 38.3 Å². The van der Waals surface area contributed by atoms with Gasteiger partial charge in [0.15, 0.2) is 0 Å². The normalized spacial score (nSPS) is 18.9. The number of hydrazone groups is 1. The summed E-state index contributed by atoms with van der Waals surface area (Å²) in [5.41, 5.74) is 9.75. The number of rotatable bonds is 9. The van der Waals surface area contributed by atoms with Crippen LogP contribution in [-0.2, 0) is 0 Å². The molecule has 7 nitrogen and oxygen atoms in total. The summed E-state index contributed by atoms with van der Waals surface area (Å²) in [7, 11) is 7.10. The predicted octanol–water partition coefficient (Wildman–Crippen LogP) is 4.32. The Hall–Kier alpha value is -3.26. The highest BCUT2D eigenvalue weighted by molar-refractivity contribution is 6.32. The third-order valence-electron chi connectivity index (χ3n) is 6.25. The van der Waals surface area contributed by atoms with Crippen molar-refractivity contribution in [2.45, 2.75) is 19.5 Å². The van der Waals surface area contributed by atoms with Gasteiger partial charge in [-0.3, -0.25) is 25.4 Å². The average molecular weight is 521 g/mol. The molecule has 1 amide bonds. The number of amides is 1. The maximum Gasteiger partial charge on any atom is 0.253 e. The molecule has 0 bridgehead atoms. The highest BCUT2D eigenvalue weighted by Crippen LogP contribution is 2.30. The van der Waals surface area contributed by atoms with Gasteiger partial charge in [-0.2, -0.15) is 5.10 Å². The molecule has 2 heterocycles. The number of carbonyl (C=O) groups is 1. The summed E-state index contributed by atoms with van der Waals surface area (Å²) in [4.78, 5) is 20.3. The van der Waals surface area contributed by atoms with Gasteiger partial charge in [-0.15, -0.1) is 0 Å². The molecule has 1 unspecified atom stereocenters. The van der Waals surface area contributed by atoms with Crippen LogP contribution in [0.15, 0.2) is 82.0 Å². The third-order valence-corrected chi connectivity index (χ3v) is 6.56. The Balaban J connectivity index is 1.66. The van der Waals surface area contributed by atoms with Gasteiger partial charge in [-0.05, 0) is 67.5 Å². The largest absolute Gasteiger partial charge is 0.345 e. The van der Waals surface area contributed by atoms with Crippen molar-refractivity contribution in [3.8, 4) is 0 Å². The number of nitrogens with one attached hydrogen (secondary N) is 2. The van der Waals surface area contributed by atoms with E-state index in [-0.39, 0.29) is 12.1 Å². The van der Waals surface area contributed by atoms with Crippen LogP contribution in [0.3, 0.4) is 0 Å². The van der Waals surface area contributed by atoms with Crippen molar-refractivity contribution >= 4 is 35.0 Å². The molecule has 2 aliphatic rings. The van der Waals surface area contributed by atoms with Crippen molar-refractivity contribution in [2.24, 2.45) is 10.1 Å². The molecule has 8 heteroatoms. The van der Waals surface area contributed by atoms with E-state index >= 15 is 0 Å². The molecule has 0 radical (unpaired) electrons. The van der Waals surface area contributed by atoms with Gasteiger partial charge in [0.1, 0.15) is 6.17 Å². The number of hydrogen-bond acceptors (Lipinski definition) is 6. The molecular weight excluding hydrogens is 484 g/mol. The lowest BCUT2D eigenvalue weighted by molar-refractivity contribution is 0.0827. The number of aliphatic imine (C=N–C) groups is 1. The molecule has 196 valence electrons. The van der Waals surface area contributed by atoms with Crippen LogP contribution >= 0.6 is 11.6 Å². The second-order valence-corrected chi connectivity index (χ2v) is 9.77. The first-order valence-electron chi connectivity index (χ1n) is 12.3. The van der Waals surface area contributed by atoms with E-state index in [4.69, 9.17) is 11.6 Å². The smallest absolute Gasteiger partial charge is 0.253 e. The Labute approximate surface area is 225 Å². The number of hydrogen-bond donors (Lipinski definition) is 2. The van der Waals surface area contributed by atoms with Crippen LogP contribution in [0.1, 0.15) is 29.3 Å². The number of carbonyl (C=O) groups excluding carboxylic acids is 1. The second kappa shape index (κ2) is 13.3. The van der Waals surface area contributed by atoms with E-state index in [2.05, 4.69) is 51.4 Å². The summed E-state index contributed by atoms with van der Waals surface area (Å²) in [6, 6.07) is 5.57. The molecule has 0 aliphatic carbocycles. The summed E-state index contributed by atoms with van der Waals surface area (Å²) in [5, 5.41) is 8.23. The zero-order valence-electron chi connectivity index (χ0n) is 22.4. The summed E-state index contributed by atoms with van der Waals surface area (Å²) in [6.45, 7) is 9.03. The minimum absolute atomic E-state index is 0.0146. The lowest BCUT2D eigenvalue weighted by Crippen LogP contribution is -2.38. The second-order valence-electron chi connectivity index (χ2n) is 9.36. The van der Waals surface area contributed by atoms with Crippen molar-refractivity contribution in [3.63, 3.8) is 0 Å². The lowest BCUT2D eigenvalue weighted by atomic mass is 9.97. The van der Waals surface area contributed by atoms with Crippen LogP contribution in [0.5, 0.6) is 0 Å². The zero-order chi connectivity index (χ0) is 26.9. The Kier molecular flexibility index (Phi) is 10.2. The summed E-state index contributed by atoms with van der Waals surface area (Å²) < 4.78 is 0. The van der Waals surface area contributed by atoms with Crippen LogP contribution in [0.2, 0.25) is 5.02 Å². The van der Waals surface area contributed by atoms with Crippen molar-refractivity contribution in [1.82, 2.24) is 20.5 Å². The SMILES string of the molecule is C=C(/C=C(\C)CN1CC=C(c2ccc(C(=O)N(C)C)cc2Cl)CC1)/C(=C\C=NC)C1=NNC(NC)C=C1. The molecule has 0 spiro atoms. The Morgan fingerprint density at radius 1 is 1.41 bits per heavy atom. The minimum Gasteiger partial charge on any atom is -0.345 e. The molecule has 1 atom stereocenters. The third kappa shape index (κ3) is 7.61. The number of halogens is 1. The van der Waals surface area contributed by atoms with Crippen molar-refractivity contribution in [3.05, 3.63) is 88.0 Å². The molecule has 0 saturated carbocycles. The molecular formula is C29H37ClN6O. The molecule has 2 N–H and O–H groups in total. The van der Waals surface area contributed by atoms with Crippen molar-refractivity contribution < 1.29 is 4.79 Å². The van der Waals surface area contributed by atoms with Gasteiger partial charge < -0.3 is 4.90 Å². The van der Waals surface area contributed by atoms with Crippen LogP contribution in [0.4, 0.5) is 0 Å². The van der Waals surface area contributed by atoms with E-state index in [0.29, 0.717) is 10.6 Å². The highest BCUT2D eigenvalue weighted by Gasteiger charge is 2.18. The van der Waals surface area contributed by atoms with Gasteiger partial charge in [0.2, 0.25) is 0 Å². The number of benzene rings is 1. The van der Waals surface area contributed by atoms with Crippen LogP contribution < -0.4 is 10.7 Å². The predicted molar refractivity (Wildman–Crippen MR) is 156 cm³/mol. The van der Waals surface area contributed by atoms with Crippen LogP contribution in [-0.4, -0.2) is 81.6 Å². The molecule has 37 heavy (non-hydrogen) atoms. The zero-order valence-corrected chi connectivity index (χ0v) is 23.1. The van der Waals surface area contributed by atoms with Crippen molar-refractivity contribution in [1.29, 1.82) is 0 Å². The fourth-order valence-corrected chi connectivity index (χ4v) is 4.57. The lowest BCUT2D eigenvalue weighted by Gasteiger charge is -2.27. The van der Waals surface area contributed by atoms with E-state index in [9.17, 15) is 4.79 Å². The highest BCUT2D eigenvalue weighted by atomic mass is 35.5. The first-order chi connectivity index (χ1) is 17.7. The Bertz CT molecular complexity index is 1200. The molecule has 1 aromatic carbocycles. The first-order valence-corrected chi connectivity index (χ1v) is 12.7. The summed E-state index contributed by atoms with van der Waals surface area (Å²) >= 11 is 6.55. The Morgan fingerprint density at radius 2 is 2.19 bits per heavy atom. The standard InChI is InChI=1S/C29H37ClN6O/c1-20(17-21(2)24(11-14-31-3)27-9-10-28(32-4)34-33-27)19-36-15-12-22(13-16-36)25-8-7-23(18-26(25)30)29(37)35(5)6/h7-12,14,17-18,28,32,34H,2,13,15-16,19H2,1,3-6H3/b20-17+,24-11+,31-14?. The molecule has 0 saturated heterocycles. The van der Waals surface area contributed by atoms with E-state index in [0.717, 1.165) is 48.5 Å². The maximum atomic E-state index is 12.2. The van der Waals surface area contributed by atoms with Gasteiger partial charge in [0.25, 0.3) is 5.91 Å². The van der Waals surface area contributed by atoms with Gasteiger partial charge >= 0.3 is 0 Å². The van der Waals surface area contributed by atoms with Crippen LogP contribution in [0.25, 0.3) is 5.57 Å². The van der Waals surface area contributed by atoms with Crippen molar-refractivity contribution in [2.75, 3.05) is 47.8 Å². The summed E-state index contributed by atoms with van der Waals surface area (Å²) in [6.07, 6.45) is 13.0. The Morgan fingerprint density at radius 3 is 2.76 bits per heavy atom. The number of likely N-dealkylation sites (N-methyl/N-ethyl adjacent to an activating group) is 1. The van der Waals surface area contributed by atoms with Gasteiger partial charge in [-0.1, -0.05) is 42.0 Å². The van der Waals surface area contributed by atoms with Gasteiger partial charge in [0.05, 0.1) is 5.71 Å². The fraction of sp³-hybridized carbons (Fsp3) is 0.345. The maximum absolute atomic E-state index is 12.2. The molecule has 1 aromatic rings. The monoisotopic (exact) mass is 520 g/mol. The van der Waals surface area contributed by atoms with Gasteiger partial charge in [0, 0.05) is 63.2 Å². The topological polar surface area (TPSA) is 72.3 Å². The molecule has 2 aliphatic heterocycles. The first kappa shape index (κ1) is 28.3.